The molecule has 3 heterocycles. The van der Waals surface area contributed by atoms with Gasteiger partial charge in [-0.05, 0) is 88.4 Å². The molecular weight excluding hydrogens is 514 g/mol. The van der Waals surface area contributed by atoms with Crippen LogP contribution in [0.2, 0.25) is 0 Å². The van der Waals surface area contributed by atoms with Gasteiger partial charge in [0.2, 0.25) is 0 Å². The van der Waals surface area contributed by atoms with E-state index >= 15 is 0 Å². The molecule has 3 aromatic rings. The summed E-state index contributed by atoms with van der Waals surface area (Å²) in [5.41, 5.74) is 2.31. The van der Waals surface area contributed by atoms with Crippen LogP contribution in [0.3, 0.4) is 0 Å². The first-order valence-electron chi connectivity index (χ1n) is 13.7. The maximum absolute atomic E-state index is 14.3. The topological polar surface area (TPSA) is 79.2 Å². The van der Waals surface area contributed by atoms with Crippen molar-refractivity contribution >= 4 is 35.7 Å². The van der Waals surface area contributed by atoms with Crippen LogP contribution in [0.1, 0.15) is 58.6 Å². The second-order valence-corrected chi connectivity index (χ2v) is 11.7. The lowest BCUT2D eigenvalue weighted by atomic mass is 9.79. The SMILES string of the molecule is CC(=O)Oc1ccc(COC(=O)N2CCC[C@@H]2Cc2c(B3OC(C)(C)C(C)(C)O3)n(C)c3cc(F)ccc23)cc1. The Labute approximate surface area is 234 Å². The molecule has 2 saturated heterocycles. The first-order valence-corrected chi connectivity index (χ1v) is 13.7. The van der Waals surface area contributed by atoms with Crippen molar-refractivity contribution in [3.05, 3.63) is 59.4 Å². The first kappa shape index (κ1) is 28.2. The van der Waals surface area contributed by atoms with E-state index < -0.39 is 24.3 Å². The maximum Gasteiger partial charge on any atom is 0.512 e. The number of halogens is 1. The highest BCUT2D eigenvalue weighted by Gasteiger charge is 2.53. The van der Waals surface area contributed by atoms with Crippen LogP contribution in [-0.4, -0.2) is 52.4 Å². The Bertz CT molecular complexity index is 1420. The predicted octanol–water partition coefficient (Wildman–Crippen LogP) is 4.89. The summed E-state index contributed by atoms with van der Waals surface area (Å²) in [7, 11) is 1.27. The lowest BCUT2D eigenvalue weighted by Gasteiger charge is -2.32. The van der Waals surface area contributed by atoms with Crippen LogP contribution in [0, 0.1) is 5.82 Å². The summed E-state index contributed by atoms with van der Waals surface area (Å²) in [6, 6.07) is 11.6. The first-order chi connectivity index (χ1) is 18.9. The molecule has 2 aliphatic rings. The number of benzene rings is 2. The van der Waals surface area contributed by atoms with Gasteiger partial charge in [0.05, 0.1) is 22.3 Å². The lowest BCUT2D eigenvalue weighted by Crippen LogP contribution is -2.43. The summed E-state index contributed by atoms with van der Waals surface area (Å²) in [5.74, 6) is -0.265. The summed E-state index contributed by atoms with van der Waals surface area (Å²) in [6.07, 6.45) is 1.87. The van der Waals surface area contributed by atoms with Gasteiger partial charge in [-0.2, -0.15) is 0 Å². The van der Waals surface area contributed by atoms with Crippen molar-refractivity contribution in [1.82, 2.24) is 9.47 Å². The molecule has 2 fully saturated rings. The molecule has 0 spiro atoms. The Kier molecular flexibility index (Phi) is 7.44. The molecule has 2 aromatic carbocycles. The third-order valence-electron chi connectivity index (χ3n) is 8.39. The van der Waals surface area contributed by atoms with Crippen molar-refractivity contribution in [2.75, 3.05) is 6.54 Å². The molecule has 10 heteroatoms. The van der Waals surface area contributed by atoms with E-state index in [-0.39, 0.29) is 24.6 Å². The molecule has 0 radical (unpaired) electrons. The standard InChI is InChI=1S/C30H36BFN2O6/c1-19(35)38-23-12-9-20(10-13-23)18-37-28(36)34-15-7-8-22(34)17-25-24-14-11-21(32)16-26(24)33(6)27(25)31-39-29(2,3)30(4,5)40-31/h9-14,16,22H,7-8,15,17-18H2,1-6H3/t22-/m1/s1. The van der Waals surface area contributed by atoms with Crippen molar-refractivity contribution in [3.8, 4) is 5.75 Å². The largest absolute Gasteiger partial charge is 0.512 e. The van der Waals surface area contributed by atoms with Gasteiger partial charge in [-0.3, -0.25) is 4.79 Å². The molecule has 5 rings (SSSR count). The quantitative estimate of drug-likeness (QED) is 0.247. The number of esters is 1. The van der Waals surface area contributed by atoms with Gasteiger partial charge in [0.15, 0.2) is 0 Å². The van der Waals surface area contributed by atoms with Crippen molar-refractivity contribution in [1.29, 1.82) is 0 Å². The molecule has 1 aromatic heterocycles. The highest BCUT2D eigenvalue weighted by molar-refractivity contribution is 6.62. The zero-order chi connectivity index (χ0) is 28.8. The Balaban J connectivity index is 1.37. The number of likely N-dealkylation sites (tertiary alicyclic amines) is 1. The fourth-order valence-corrected chi connectivity index (χ4v) is 5.55. The molecule has 0 N–H and O–H groups in total. The number of carbonyl (C=O) groups excluding carboxylic acids is 2. The van der Waals surface area contributed by atoms with Crippen LogP contribution in [0.25, 0.3) is 10.9 Å². The average molecular weight is 550 g/mol. The molecule has 212 valence electrons. The number of rotatable bonds is 6. The molecule has 8 nitrogen and oxygen atoms in total. The number of ether oxygens (including phenoxy) is 2. The van der Waals surface area contributed by atoms with Crippen molar-refractivity contribution < 1.29 is 32.8 Å². The van der Waals surface area contributed by atoms with Crippen LogP contribution in [0.5, 0.6) is 5.75 Å². The van der Waals surface area contributed by atoms with E-state index in [1.165, 1.54) is 19.1 Å². The summed E-state index contributed by atoms with van der Waals surface area (Å²) >= 11 is 0. The zero-order valence-corrected chi connectivity index (χ0v) is 24.0. The monoisotopic (exact) mass is 550 g/mol. The minimum Gasteiger partial charge on any atom is -0.445 e. The number of hydrogen-bond donors (Lipinski definition) is 0. The van der Waals surface area contributed by atoms with Crippen molar-refractivity contribution in [2.24, 2.45) is 7.05 Å². The third-order valence-corrected chi connectivity index (χ3v) is 8.39. The van der Waals surface area contributed by atoms with Crippen LogP contribution in [0.15, 0.2) is 42.5 Å². The second-order valence-electron chi connectivity index (χ2n) is 11.7. The van der Waals surface area contributed by atoms with Gasteiger partial charge in [-0.15, -0.1) is 0 Å². The Morgan fingerprint density at radius 1 is 1.07 bits per heavy atom. The van der Waals surface area contributed by atoms with Gasteiger partial charge in [0.25, 0.3) is 0 Å². The number of fused-ring (bicyclic) bond motifs is 1. The third kappa shape index (κ3) is 5.34. The second kappa shape index (κ2) is 10.6. The van der Waals surface area contributed by atoms with Crippen LogP contribution in [-0.2, 0) is 38.9 Å². The summed E-state index contributed by atoms with van der Waals surface area (Å²) < 4.78 is 39.8. The molecule has 0 bridgehead atoms. The molecular formula is C30H36BFN2O6. The fourth-order valence-electron chi connectivity index (χ4n) is 5.55. The number of nitrogens with zero attached hydrogens (tertiary/aromatic N) is 2. The van der Waals surface area contributed by atoms with Crippen LogP contribution >= 0.6 is 0 Å². The molecule has 1 atom stereocenters. The van der Waals surface area contributed by atoms with Crippen molar-refractivity contribution in [2.45, 2.75) is 77.7 Å². The van der Waals surface area contributed by atoms with E-state index in [4.69, 9.17) is 18.8 Å². The van der Waals surface area contributed by atoms with E-state index in [1.54, 1.807) is 35.2 Å². The number of aryl methyl sites for hydroxylation is 1. The van der Waals surface area contributed by atoms with Crippen LogP contribution < -0.4 is 10.3 Å². The molecule has 0 saturated carbocycles. The van der Waals surface area contributed by atoms with E-state index in [2.05, 4.69) is 0 Å². The smallest absolute Gasteiger partial charge is 0.445 e. The van der Waals surface area contributed by atoms with Gasteiger partial charge in [-0.25, -0.2) is 9.18 Å². The summed E-state index contributed by atoms with van der Waals surface area (Å²) in [5, 5.41) is 0.918. The Morgan fingerprint density at radius 2 is 1.75 bits per heavy atom. The molecule has 0 unspecified atom stereocenters. The van der Waals surface area contributed by atoms with E-state index in [0.29, 0.717) is 18.7 Å². The number of amides is 1. The van der Waals surface area contributed by atoms with Gasteiger partial charge in [0.1, 0.15) is 18.2 Å². The number of carbonyl (C=O) groups is 2. The fraction of sp³-hybridized carbons (Fsp3) is 0.467. The number of aromatic nitrogens is 1. The van der Waals surface area contributed by atoms with Gasteiger partial charge in [-0.1, -0.05) is 12.1 Å². The Hall–Kier alpha value is -3.37. The predicted molar refractivity (Wildman–Crippen MR) is 150 cm³/mol. The summed E-state index contributed by atoms with van der Waals surface area (Å²) in [6.45, 7) is 10.1. The molecule has 1 amide bonds. The molecule has 2 aliphatic heterocycles. The summed E-state index contributed by atoms with van der Waals surface area (Å²) in [4.78, 5) is 26.1. The zero-order valence-electron chi connectivity index (χ0n) is 24.0. The number of hydrogen-bond acceptors (Lipinski definition) is 6. The highest BCUT2D eigenvalue weighted by atomic mass is 19.1. The maximum atomic E-state index is 14.3. The highest BCUT2D eigenvalue weighted by Crippen LogP contribution is 2.38. The van der Waals surface area contributed by atoms with E-state index in [9.17, 15) is 14.0 Å². The normalized spacial score (nSPS) is 19.8. The lowest BCUT2D eigenvalue weighted by molar-refractivity contribution is -0.131. The van der Waals surface area contributed by atoms with Crippen molar-refractivity contribution in [3.63, 3.8) is 0 Å². The Morgan fingerprint density at radius 3 is 2.40 bits per heavy atom. The van der Waals surface area contributed by atoms with Crippen LogP contribution in [0.4, 0.5) is 9.18 Å². The average Bonchev–Trinajstić information content (AvgIpc) is 3.51. The van der Waals surface area contributed by atoms with E-state index in [1.807, 2.05) is 39.3 Å². The van der Waals surface area contributed by atoms with Gasteiger partial charge >= 0.3 is 19.2 Å². The molecule has 40 heavy (non-hydrogen) atoms. The van der Waals surface area contributed by atoms with Gasteiger partial charge < -0.3 is 28.2 Å². The van der Waals surface area contributed by atoms with E-state index in [0.717, 1.165) is 40.5 Å². The molecule has 0 aliphatic carbocycles. The minimum absolute atomic E-state index is 0.0873. The minimum atomic E-state index is -0.628. The van der Waals surface area contributed by atoms with Gasteiger partial charge in [0, 0.05) is 31.9 Å².